The van der Waals surface area contributed by atoms with E-state index < -0.39 is 5.97 Å². The zero-order valence-electron chi connectivity index (χ0n) is 17.3. The predicted molar refractivity (Wildman–Crippen MR) is 108 cm³/mol. The van der Waals surface area contributed by atoms with E-state index in [1.54, 1.807) is 23.1 Å². The normalized spacial score (nSPS) is 12.1. The summed E-state index contributed by atoms with van der Waals surface area (Å²) in [6.07, 6.45) is 0. The Morgan fingerprint density at radius 2 is 1.87 bits per heavy atom. The van der Waals surface area contributed by atoms with Gasteiger partial charge in [0, 0.05) is 24.2 Å². The van der Waals surface area contributed by atoms with E-state index in [-0.39, 0.29) is 12.5 Å². The Kier molecular flexibility index (Phi) is 7.00. The van der Waals surface area contributed by atoms with Gasteiger partial charge >= 0.3 is 5.97 Å². The minimum absolute atomic E-state index is 0.183. The molecule has 0 spiro atoms. The van der Waals surface area contributed by atoms with Crippen LogP contribution in [0.5, 0.6) is 23.0 Å². The molecule has 0 aliphatic carbocycles. The van der Waals surface area contributed by atoms with Crippen molar-refractivity contribution < 1.29 is 33.3 Å². The SMILES string of the molecule is CCN(Cc1cccc2c1OCCO2)C(=O)c1ccc(OC)c(OCC(=O)OC)c1. The predicted octanol–water partition coefficient (Wildman–Crippen LogP) is 2.68. The molecule has 1 aliphatic heterocycles. The van der Waals surface area contributed by atoms with Gasteiger partial charge in [-0.15, -0.1) is 0 Å². The first-order valence-corrected chi connectivity index (χ1v) is 9.61. The van der Waals surface area contributed by atoms with Gasteiger partial charge < -0.3 is 28.6 Å². The molecule has 1 amide bonds. The summed E-state index contributed by atoms with van der Waals surface area (Å²) in [6, 6.07) is 10.5. The molecule has 8 heteroatoms. The second-order valence-corrected chi connectivity index (χ2v) is 6.49. The molecule has 2 aromatic rings. The summed E-state index contributed by atoms with van der Waals surface area (Å²) in [4.78, 5) is 26.2. The first kappa shape index (κ1) is 21.3. The minimum atomic E-state index is -0.528. The van der Waals surface area contributed by atoms with Crippen LogP contribution < -0.4 is 18.9 Å². The lowest BCUT2D eigenvalue weighted by Crippen LogP contribution is -2.31. The Morgan fingerprint density at radius 3 is 2.60 bits per heavy atom. The number of fused-ring (bicyclic) bond motifs is 1. The van der Waals surface area contributed by atoms with Crippen molar-refractivity contribution in [2.45, 2.75) is 13.5 Å². The molecule has 0 radical (unpaired) electrons. The van der Waals surface area contributed by atoms with Gasteiger partial charge in [-0.05, 0) is 31.2 Å². The molecule has 0 aromatic heterocycles. The largest absolute Gasteiger partial charge is 0.493 e. The number of esters is 1. The zero-order chi connectivity index (χ0) is 21.5. The molecule has 1 heterocycles. The van der Waals surface area contributed by atoms with Crippen molar-refractivity contribution in [2.75, 3.05) is 40.6 Å². The van der Waals surface area contributed by atoms with Gasteiger partial charge in [0.15, 0.2) is 29.6 Å². The van der Waals surface area contributed by atoms with Crippen molar-refractivity contribution in [3.05, 3.63) is 47.5 Å². The van der Waals surface area contributed by atoms with Gasteiger partial charge in [0.05, 0.1) is 14.2 Å². The van der Waals surface area contributed by atoms with Crippen LogP contribution in [0.1, 0.15) is 22.8 Å². The number of ether oxygens (including phenoxy) is 5. The van der Waals surface area contributed by atoms with E-state index in [1.807, 2.05) is 25.1 Å². The number of para-hydroxylation sites is 1. The van der Waals surface area contributed by atoms with Crippen LogP contribution in [-0.4, -0.2) is 57.4 Å². The van der Waals surface area contributed by atoms with Crippen molar-refractivity contribution in [1.29, 1.82) is 0 Å². The fourth-order valence-electron chi connectivity index (χ4n) is 3.09. The monoisotopic (exact) mass is 415 g/mol. The minimum Gasteiger partial charge on any atom is -0.493 e. The summed E-state index contributed by atoms with van der Waals surface area (Å²) < 4.78 is 26.7. The smallest absolute Gasteiger partial charge is 0.343 e. The summed E-state index contributed by atoms with van der Waals surface area (Å²) in [6.45, 7) is 3.47. The molecule has 30 heavy (non-hydrogen) atoms. The van der Waals surface area contributed by atoms with Gasteiger partial charge in [-0.2, -0.15) is 0 Å². The quantitative estimate of drug-likeness (QED) is 0.613. The molecular weight excluding hydrogens is 390 g/mol. The fourth-order valence-corrected chi connectivity index (χ4v) is 3.09. The molecule has 0 N–H and O–H groups in total. The van der Waals surface area contributed by atoms with E-state index in [1.165, 1.54) is 14.2 Å². The number of amides is 1. The highest BCUT2D eigenvalue weighted by Gasteiger charge is 2.21. The lowest BCUT2D eigenvalue weighted by molar-refractivity contribution is -0.142. The maximum Gasteiger partial charge on any atom is 0.343 e. The van der Waals surface area contributed by atoms with E-state index >= 15 is 0 Å². The first-order valence-electron chi connectivity index (χ1n) is 9.61. The van der Waals surface area contributed by atoms with E-state index in [2.05, 4.69) is 4.74 Å². The number of methoxy groups -OCH3 is 2. The van der Waals surface area contributed by atoms with Crippen LogP contribution in [0.2, 0.25) is 0 Å². The second-order valence-electron chi connectivity index (χ2n) is 6.49. The standard InChI is InChI=1S/C22H25NO7/c1-4-23(13-16-6-5-7-18-21(16)29-11-10-28-18)22(25)15-8-9-17(26-2)19(12-15)30-14-20(24)27-3/h5-9,12H,4,10-11,13-14H2,1-3H3. The Balaban J connectivity index is 1.81. The molecule has 160 valence electrons. The number of carbonyl (C=O) groups is 2. The number of benzene rings is 2. The molecule has 0 unspecified atom stereocenters. The molecule has 3 rings (SSSR count). The van der Waals surface area contributed by atoms with E-state index in [4.69, 9.17) is 18.9 Å². The molecule has 0 atom stereocenters. The number of nitrogens with zero attached hydrogens (tertiary/aromatic N) is 1. The lowest BCUT2D eigenvalue weighted by Gasteiger charge is -2.25. The van der Waals surface area contributed by atoms with E-state index in [9.17, 15) is 9.59 Å². The molecule has 8 nitrogen and oxygen atoms in total. The summed E-state index contributed by atoms with van der Waals surface area (Å²) >= 11 is 0. The van der Waals surface area contributed by atoms with Crippen molar-refractivity contribution in [2.24, 2.45) is 0 Å². The third-order valence-corrected chi connectivity index (χ3v) is 4.66. The Labute approximate surface area is 175 Å². The summed E-state index contributed by atoms with van der Waals surface area (Å²) in [7, 11) is 2.76. The highest BCUT2D eigenvalue weighted by molar-refractivity contribution is 5.95. The molecule has 1 aliphatic rings. The van der Waals surface area contributed by atoms with Crippen LogP contribution in [0.3, 0.4) is 0 Å². The lowest BCUT2D eigenvalue weighted by atomic mass is 10.1. The van der Waals surface area contributed by atoms with Crippen LogP contribution in [0.25, 0.3) is 0 Å². The summed E-state index contributed by atoms with van der Waals surface area (Å²) in [5, 5.41) is 0. The van der Waals surface area contributed by atoms with Gasteiger partial charge in [0.1, 0.15) is 13.2 Å². The highest BCUT2D eigenvalue weighted by Crippen LogP contribution is 2.35. The third kappa shape index (κ3) is 4.76. The van der Waals surface area contributed by atoms with Gasteiger partial charge in [0.25, 0.3) is 5.91 Å². The van der Waals surface area contributed by atoms with Crippen LogP contribution >= 0.6 is 0 Å². The van der Waals surface area contributed by atoms with Gasteiger partial charge in [-0.3, -0.25) is 4.79 Å². The molecule has 0 saturated carbocycles. The Bertz CT molecular complexity index is 912. The van der Waals surface area contributed by atoms with Crippen molar-refractivity contribution in [1.82, 2.24) is 4.90 Å². The molecular formula is C22H25NO7. The Morgan fingerprint density at radius 1 is 1.07 bits per heavy atom. The fraction of sp³-hybridized carbons (Fsp3) is 0.364. The molecule has 0 bridgehead atoms. The topological polar surface area (TPSA) is 83.5 Å². The third-order valence-electron chi connectivity index (χ3n) is 4.66. The summed E-state index contributed by atoms with van der Waals surface area (Å²) in [5.41, 5.74) is 1.29. The zero-order valence-corrected chi connectivity index (χ0v) is 17.3. The number of rotatable bonds is 8. The maximum absolute atomic E-state index is 13.2. The number of hydrogen-bond acceptors (Lipinski definition) is 7. The van der Waals surface area contributed by atoms with Crippen molar-refractivity contribution in [3.63, 3.8) is 0 Å². The van der Waals surface area contributed by atoms with Gasteiger partial charge in [-0.25, -0.2) is 4.79 Å². The van der Waals surface area contributed by atoms with Gasteiger partial charge in [-0.1, -0.05) is 12.1 Å². The van der Waals surface area contributed by atoms with Gasteiger partial charge in [0.2, 0.25) is 0 Å². The molecule has 2 aromatic carbocycles. The number of carbonyl (C=O) groups excluding carboxylic acids is 2. The maximum atomic E-state index is 13.2. The van der Waals surface area contributed by atoms with E-state index in [0.717, 1.165) is 5.56 Å². The average molecular weight is 415 g/mol. The molecule has 0 fully saturated rings. The van der Waals surface area contributed by atoms with Crippen LogP contribution in [0.4, 0.5) is 0 Å². The second kappa shape index (κ2) is 9.87. The number of hydrogen-bond donors (Lipinski definition) is 0. The van der Waals surface area contributed by atoms with Crippen LogP contribution in [-0.2, 0) is 16.1 Å². The Hall–Kier alpha value is -3.42. The van der Waals surface area contributed by atoms with Crippen molar-refractivity contribution in [3.8, 4) is 23.0 Å². The van der Waals surface area contributed by atoms with E-state index in [0.29, 0.717) is 54.9 Å². The first-order chi connectivity index (χ1) is 14.6. The highest BCUT2D eigenvalue weighted by atomic mass is 16.6. The summed E-state index contributed by atoms with van der Waals surface area (Å²) in [5.74, 6) is 1.36. The van der Waals surface area contributed by atoms with Crippen LogP contribution in [0, 0.1) is 0 Å². The van der Waals surface area contributed by atoms with Crippen molar-refractivity contribution >= 4 is 11.9 Å². The van der Waals surface area contributed by atoms with Crippen LogP contribution in [0.15, 0.2) is 36.4 Å². The molecule has 0 saturated heterocycles. The average Bonchev–Trinajstić information content (AvgIpc) is 2.80.